The topological polar surface area (TPSA) is 23.8 Å². The van der Waals surface area contributed by atoms with Crippen LogP contribution in [0.15, 0.2) is 6.07 Å². The molecule has 1 atom stereocenters. The second-order valence-corrected chi connectivity index (χ2v) is 8.16. The van der Waals surface area contributed by atoms with Gasteiger partial charge in [-0.1, -0.05) is 51.9 Å². The molecule has 0 spiro atoms. The van der Waals surface area contributed by atoms with E-state index in [0.717, 1.165) is 30.2 Å². The highest BCUT2D eigenvalue weighted by atomic mass is 19.1. The molecule has 0 amide bonds. The molecule has 1 unspecified atom stereocenters. The Bertz CT molecular complexity index is 638. The molecule has 0 aromatic heterocycles. The number of fused-ring (bicyclic) bond motifs is 1. The number of hydrogen-bond acceptors (Lipinski definition) is 1. The van der Waals surface area contributed by atoms with Crippen LogP contribution in [0.3, 0.4) is 0 Å². The predicted octanol–water partition coefficient (Wildman–Crippen LogP) is 6.33. The van der Waals surface area contributed by atoms with Crippen LogP contribution in [-0.4, -0.2) is 0 Å². The second-order valence-electron chi connectivity index (χ2n) is 8.16. The minimum atomic E-state index is -0.700. The maximum Gasteiger partial charge on any atom is 0.147 e. The highest BCUT2D eigenvalue weighted by Gasteiger charge is 2.27. The van der Waals surface area contributed by atoms with Crippen LogP contribution in [0.5, 0.6) is 0 Å². The summed E-state index contributed by atoms with van der Waals surface area (Å²) in [5.74, 6) is 1.01. The van der Waals surface area contributed by atoms with Crippen molar-refractivity contribution in [2.75, 3.05) is 0 Å². The summed E-state index contributed by atoms with van der Waals surface area (Å²) in [6.45, 7) is 2.28. The zero-order chi connectivity index (χ0) is 17.8. The van der Waals surface area contributed by atoms with E-state index in [9.17, 15) is 8.78 Å². The molecule has 2 aliphatic carbocycles. The highest BCUT2D eigenvalue weighted by Crippen LogP contribution is 2.37. The quantitative estimate of drug-likeness (QED) is 0.612. The van der Waals surface area contributed by atoms with Gasteiger partial charge in [0.05, 0.1) is 0 Å². The van der Waals surface area contributed by atoms with E-state index in [2.05, 4.69) is 6.92 Å². The number of nitrogens with zero attached hydrogens (tertiary/aromatic N) is 1. The molecular weight excluding hydrogens is 316 g/mol. The Morgan fingerprint density at radius 3 is 2.28 bits per heavy atom. The van der Waals surface area contributed by atoms with Gasteiger partial charge >= 0.3 is 0 Å². The fourth-order valence-electron chi connectivity index (χ4n) is 4.96. The maximum atomic E-state index is 14.3. The molecule has 25 heavy (non-hydrogen) atoms. The smallest absolute Gasteiger partial charge is 0.147 e. The standard InChI is InChI=1S/C22H29F2N/c1-2-3-15-4-6-16(7-5-15)8-9-17-10-11-19-18(12-17)13-21(23)20(14-25)22(19)24/h13,15-17H,2-12H2,1H3. The minimum absolute atomic E-state index is 0.416. The lowest BCUT2D eigenvalue weighted by atomic mass is 9.75. The average Bonchev–Trinajstić information content (AvgIpc) is 2.61. The summed E-state index contributed by atoms with van der Waals surface area (Å²) in [5, 5.41) is 8.90. The van der Waals surface area contributed by atoms with Crippen molar-refractivity contribution in [1.29, 1.82) is 5.26 Å². The normalized spacial score (nSPS) is 26.1. The van der Waals surface area contributed by atoms with Crippen LogP contribution in [0.25, 0.3) is 0 Å². The van der Waals surface area contributed by atoms with Gasteiger partial charge in [-0.25, -0.2) is 8.78 Å². The molecule has 136 valence electrons. The van der Waals surface area contributed by atoms with E-state index in [0.29, 0.717) is 17.9 Å². The molecule has 0 saturated heterocycles. The van der Waals surface area contributed by atoms with E-state index in [1.807, 2.05) is 0 Å². The molecule has 3 rings (SSSR count). The summed E-state index contributed by atoms with van der Waals surface area (Å²) in [6.07, 6.45) is 13.0. The monoisotopic (exact) mass is 345 g/mol. The predicted molar refractivity (Wildman–Crippen MR) is 96.2 cm³/mol. The molecule has 1 aromatic carbocycles. The van der Waals surface area contributed by atoms with Gasteiger partial charge in [0.1, 0.15) is 23.3 Å². The molecule has 1 saturated carbocycles. The molecule has 0 N–H and O–H groups in total. The number of rotatable bonds is 5. The third-order valence-electron chi connectivity index (χ3n) is 6.48. The first kappa shape index (κ1) is 18.4. The van der Waals surface area contributed by atoms with Gasteiger partial charge in [-0.2, -0.15) is 5.26 Å². The van der Waals surface area contributed by atoms with E-state index >= 15 is 0 Å². The number of nitriles is 1. The van der Waals surface area contributed by atoms with Crippen molar-refractivity contribution in [3.05, 3.63) is 34.4 Å². The van der Waals surface area contributed by atoms with E-state index in [-0.39, 0.29) is 0 Å². The van der Waals surface area contributed by atoms with Crippen molar-refractivity contribution in [2.24, 2.45) is 17.8 Å². The maximum absolute atomic E-state index is 14.3. The third kappa shape index (κ3) is 4.22. The van der Waals surface area contributed by atoms with Crippen LogP contribution in [0.2, 0.25) is 0 Å². The van der Waals surface area contributed by atoms with E-state index in [4.69, 9.17) is 5.26 Å². The summed E-state index contributed by atoms with van der Waals surface area (Å²) >= 11 is 0. The Balaban J connectivity index is 1.53. The zero-order valence-corrected chi connectivity index (χ0v) is 15.3. The van der Waals surface area contributed by atoms with Crippen LogP contribution < -0.4 is 0 Å². The van der Waals surface area contributed by atoms with Crippen molar-refractivity contribution in [2.45, 2.75) is 77.6 Å². The lowest BCUT2D eigenvalue weighted by molar-refractivity contribution is 0.235. The summed E-state index contributed by atoms with van der Waals surface area (Å²) in [7, 11) is 0. The third-order valence-corrected chi connectivity index (χ3v) is 6.48. The van der Waals surface area contributed by atoms with Gasteiger partial charge in [-0.05, 0) is 60.6 Å². The van der Waals surface area contributed by atoms with Crippen molar-refractivity contribution in [1.82, 2.24) is 0 Å². The van der Waals surface area contributed by atoms with Crippen LogP contribution in [0, 0.1) is 40.7 Å². The SMILES string of the molecule is CCCC1CCC(CCC2CCc3c(cc(F)c(C#N)c3F)C2)CC1. The molecule has 2 aliphatic rings. The number of hydrogen-bond donors (Lipinski definition) is 0. The molecule has 1 nitrogen and oxygen atoms in total. The van der Waals surface area contributed by atoms with Gasteiger partial charge in [-0.15, -0.1) is 0 Å². The average molecular weight is 345 g/mol. The van der Waals surface area contributed by atoms with Gasteiger partial charge < -0.3 is 0 Å². The fourth-order valence-corrected chi connectivity index (χ4v) is 4.96. The zero-order valence-electron chi connectivity index (χ0n) is 15.3. The molecular formula is C22H29F2N. The summed E-state index contributed by atoms with van der Waals surface area (Å²) in [4.78, 5) is 0. The Kier molecular flexibility index (Phi) is 6.10. The summed E-state index contributed by atoms with van der Waals surface area (Å²) < 4.78 is 28.1. The Labute approximate surface area is 150 Å². The van der Waals surface area contributed by atoms with E-state index in [1.165, 1.54) is 57.4 Å². The molecule has 1 aromatic rings. The van der Waals surface area contributed by atoms with Crippen molar-refractivity contribution < 1.29 is 8.78 Å². The van der Waals surface area contributed by atoms with Gasteiger partial charge in [0.25, 0.3) is 0 Å². The molecule has 3 heteroatoms. The Morgan fingerprint density at radius 2 is 1.64 bits per heavy atom. The lowest BCUT2D eigenvalue weighted by Gasteiger charge is -2.31. The van der Waals surface area contributed by atoms with Crippen molar-refractivity contribution in [3.63, 3.8) is 0 Å². The number of halogens is 2. The first-order valence-corrected chi connectivity index (χ1v) is 10.0. The fraction of sp³-hybridized carbons (Fsp3) is 0.682. The second kappa shape index (κ2) is 8.30. The first-order valence-electron chi connectivity index (χ1n) is 10.0. The highest BCUT2D eigenvalue weighted by molar-refractivity contribution is 5.42. The lowest BCUT2D eigenvalue weighted by Crippen LogP contribution is -2.19. The van der Waals surface area contributed by atoms with Gasteiger partial charge in [0.15, 0.2) is 0 Å². The Morgan fingerprint density at radius 1 is 1.00 bits per heavy atom. The van der Waals surface area contributed by atoms with Crippen LogP contribution in [0.1, 0.15) is 81.4 Å². The largest absolute Gasteiger partial charge is 0.205 e. The molecule has 0 radical (unpaired) electrons. The van der Waals surface area contributed by atoms with Crippen molar-refractivity contribution in [3.8, 4) is 6.07 Å². The van der Waals surface area contributed by atoms with Gasteiger partial charge in [0.2, 0.25) is 0 Å². The van der Waals surface area contributed by atoms with Gasteiger partial charge in [-0.3, -0.25) is 0 Å². The van der Waals surface area contributed by atoms with E-state index < -0.39 is 17.2 Å². The van der Waals surface area contributed by atoms with Crippen LogP contribution in [0.4, 0.5) is 8.78 Å². The molecule has 0 aliphatic heterocycles. The molecule has 1 fully saturated rings. The first-order chi connectivity index (χ1) is 12.1. The summed E-state index contributed by atoms with van der Waals surface area (Å²) in [6, 6.07) is 3.06. The number of benzene rings is 1. The summed E-state index contributed by atoms with van der Waals surface area (Å²) in [5.41, 5.74) is 0.951. The van der Waals surface area contributed by atoms with Crippen LogP contribution >= 0.6 is 0 Å². The molecule has 0 bridgehead atoms. The Hall–Kier alpha value is -1.43. The molecule has 0 heterocycles. The van der Waals surface area contributed by atoms with E-state index in [1.54, 1.807) is 6.07 Å². The van der Waals surface area contributed by atoms with Gasteiger partial charge in [0, 0.05) is 0 Å². The minimum Gasteiger partial charge on any atom is -0.205 e. The van der Waals surface area contributed by atoms with Crippen LogP contribution in [-0.2, 0) is 12.8 Å². The van der Waals surface area contributed by atoms with Crippen molar-refractivity contribution >= 4 is 0 Å².